The van der Waals surface area contributed by atoms with Crippen LogP contribution < -0.4 is 0 Å². The first kappa shape index (κ1) is 18.2. The van der Waals surface area contributed by atoms with Crippen molar-refractivity contribution in [2.24, 2.45) is 7.05 Å². The topological polar surface area (TPSA) is 51.0 Å². The van der Waals surface area contributed by atoms with E-state index in [1.807, 2.05) is 63.5 Å². The van der Waals surface area contributed by atoms with E-state index >= 15 is 0 Å². The van der Waals surface area contributed by atoms with Crippen LogP contribution in [0.1, 0.15) is 16.2 Å². The third-order valence-corrected chi connectivity index (χ3v) is 5.04. The van der Waals surface area contributed by atoms with Crippen molar-refractivity contribution in [1.29, 1.82) is 0 Å². The quantitative estimate of drug-likeness (QED) is 0.625. The van der Waals surface area contributed by atoms with E-state index < -0.39 is 0 Å². The van der Waals surface area contributed by atoms with E-state index in [0.29, 0.717) is 12.1 Å². The average molecular weight is 366 g/mol. The van der Waals surface area contributed by atoms with Crippen molar-refractivity contribution < 1.29 is 4.79 Å². The van der Waals surface area contributed by atoms with Gasteiger partial charge in [0.1, 0.15) is 5.82 Å². The van der Waals surface area contributed by atoms with E-state index in [1.165, 1.54) is 4.90 Å². The summed E-state index contributed by atoms with van der Waals surface area (Å²) in [6, 6.07) is 17.8. The van der Waals surface area contributed by atoms with Crippen LogP contribution in [0.4, 0.5) is 0 Å². The van der Waals surface area contributed by atoms with E-state index in [1.54, 1.807) is 21.3 Å². The predicted octanol–water partition coefficient (Wildman–Crippen LogP) is 3.65. The summed E-state index contributed by atoms with van der Waals surface area (Å²) < 4.78 is 1.75. The van der Waals surface area contributed by atoms with Crippen molar-refractivity contribution in [2.75, 3.05) is 19.3 Å². The molecular formula is C20H22N4OS. The van der Waals surface area contributed by atoms with E-state index in [-0.39, 0.29) is 5.91 Å². The molecule has 134 valence electrons. The molecule has 1 heterocycles. The maximum Gasteiger partial charge on any atom is 0.253 e. The van der Waals surface area contributed by atoms with Crippen molar-refractivity contribution in [1.82, 2.24) is 19.7 Å². The molecule has 5 nitrogen and oxygen atoms in total. The molecule has 0 fully saturated rings. The number of hydrogen-bond acceptors (Lipinski definition) is 4. The van der Waals surface area contributed by atoms with Crippen LogP contribution in [0, 0.1) is 6.92 Å². The largest absolute Gasteiger partial charge is 0.341 e. The molecule has 0 radical (unpaired) electrons. The summed E-state index contributed by atoms with van der Waals surface area (Å²) in [4.78, 5) is 20.0. The fraction of sp³-hybridized carbons (Fsp3) is 0.250. The van der Waals surface area contributed by atoms with Gasteiger partial charge >= 0.3 is 0 Å². The Kier molecular flexibility index (Phi) is 5.73. The highest BCUT2D eigenvalue weighted by Crippen LogP contribution is 2.19. The molecule has 6 heteroatoms. The number of benzene rings is 2. The number of nitrogens with zero attached hydrogens (tertiary/aromatic N) is 4. The van der Waals surface area contributed by atoms with Gasteiger partial charge in [0.05, 0.1) is 0 Å². The Morgan fingerprint density at radius 3 is 2.42 bits per heavy atom. The second kappa shape index (κ2) is 8.19. The highest BCUT2D eigenvalue weighted by molar-refractivity contribution is 7.99. The van der Waals surface area contributed by atoms with E-state index in [2.05, 4.69) is 22.2 Å². The molecule has 1 amide bonds. The summed E-state index contributed by atoms with van der Waals surface area (Å²) in [7, 11) is 3.71. The maximum absolute atomic E-state index is 12.6. The summed E-state index contributed by atoms with van der Waals surface area (Å²) in [5.41, 5.74) is 1.63. The first-order valence-corrected chi connectivity index (χ1v) is 9.44. The molecule has 1 aromatic heterocycles. The number of amides is 1. The molecule has 26 heavy (non-hydrogen) atoms. The highest BCUT2D eigenvalue weighted by Gasteiger charge is 2.13. The van der Waals surface area contributed by atoms with Crippen LogP contribution in [0.3, 0.4) is 0 Å². The summed E-state index contributed by atoms with van der Waals surface area (Å²) >= 11 is 1.75. The van der Waals surface area contributed by atoms with Crippen molar-refractivity contribution in [3.8, 4) is 11.4 Å². The monoisotopic (exact) mass is 366 g/mol. The molecule has 0 saturated heterocycles. The van der Waals surface area contributed by atoms with Crippen molar-refractivity contribution in [2.45, 2.75) is 11.8 Å². The minimum atomic E-state index is 0.0272. The van der Waals surface area contributed by atoms with Crippen LogP contribution in [0.15, 0.2) is 59.5 Å². The smallest absolute Gasteiger partial charge is 0.253 e. The second-order valence-corrected chi connectivity index (χ2v) is 7.24. The Hall–Kier alpha value is -2.60. The SMILES string of the molecule is Cc1nc(-c2ccc(C(=O)N(C)CCSc3ccccc3)cc2)n(C)n1. The van der Waals surface area contributed by atoms with Gasteiger partial charge in [-0.1, -0.05) is 30.3 Å². The molecule has 0 spiro atoms. The zero-order valence-electron chi connectivity index (χ0n) is 15.2. The fourth-order valence-electron chi connectivity index (χ4n) is 2.66. The Balaban J connectivity index is 1.59. The number of aromatic nitrogens is 3. The average Bonchev–Trinajstić information content (AvgIpc) is 3.00. The molecule has 0 bridgehead atoms. The van der Waals surface area contributed by atoms with Gasteiger partial charge in [0.25, 0.3) is 5.91 Å². The van der Waals surface area contributed by atoms with Gasteiger partial charge in [-0.05, 0) is 31.2 Å². The van der Waals surface area contributed by atoms with Gasteiger partial charge in [0, 0.05) is 42.4 Å². The van der Waals surface area contributed by atoms with Crippen LogP contribution in [-0.2, 0) is 7.05 Å². The summed E-state index contributed by atoms with van der Waals surface area (Å²) in [6.45, 7) is 2.56. The zero-order valence-corrected chi connectivity index (χ0v) is 16.0. The summed E-state index contributed by atoms with van der Waals surface area (Å²) in [6.07, 6.45) is 0. The molecule has 0 aliphatic rings. The first-order valence-electron chi connectivity index (χ1n) is 8.46. The molecule has 0 aliphatic heterocycles. The number of thioether (sulfide) groups is 1. The number of carbonyl (C=O) groups excluding carboxylic acids is 1. The first-order chi connectivity index (χ1) is 12.5. The molecule has 0 aliphatic carbocycles. The van der Waals surface area contributed by atoms with Gasteiger partial charge in [0.15, 0.2) is 5.82 Å². The molecule has 0 N–H and O–H groups in total. The second-order valence-electron chi connectivity index (χ2n) is 6.07. The number of hydrogen-bond donors (Lipinski definition) is 0. The number of aryl methyl sites for hydroxylation is 2. The lowest BCUT2D eigenvalue weighted by molar-refractivity contribution is 0.0804. The van der Waals surface area contributed by atoms with E-state index in [9.17, 15) is 4.79 Å². The van der Waals surface area contributed by atoms with Gasteiger partial charge in [-0.2, -0.15) is 5.10 Å². The Morgan fingerprint density at radius 2 is 1.81 bits per heavy atom. The molecule has 3 aromatic rings. The van der Waals surface area contributed by atoms with Gasteiger partial charge in [0.2, 0.25) is 0 Å². The van der Waals surface area contributed by atoms with Crippen molar-refractivity contribution >= 4 is 17.7 Å². The van der Waals surface area contributed by atoms with Crippen LogP contribution in [0.2, 0.25) is 0 Å². The van der Waals surface area contributed by atoms with Crippen LogP contribution in [0.25, 0.3) is 11.4 Å². The van der Waals surface area contributed by atoms with Crippen molar-refractivity contribution in [3.63, 3.8) is 0 Å². The number of rotatable bonds is 6. The standard InChI is InChI=1S/C20H22N4OS/c1-15-21-19(24(3)22-15)16-9-11-17(12-10-16)20(25)23(2)13-14-26-18-7-5-4-6-8-18/h4-12H,13-14H2,1-3H3. The van der Waals surface area contributed by atoms with Crippen LogP contribution >= 0.6 is 11.8 Å². The fourth-order valence-corrected chi connectivity index (χ4v) is 3.62. The lowest BCUT2D eigenvalue weighted by Crippen LogP contribution is -2.28. The third-order valence-electron chi connectivity index (χ3n) is 4.04. The highest BCUT2D eigenvalue weighted by atomic mass is 32.2. The zero-order chi connectivity index (χ0) is 18.5. The molecular weight excluding hydrogens is 344 g/mol. The Morgan fingerprint density at radius 1 is 1.12 bits per heavy atom. The van der Waals surface area contributed by atoms with Crippen LogP contribution in [-0.4, -0.2) is 44.9 Å². The minimum Gasteiger partial charge on any atom is -0.341 e. The predicted molar refractivity (Wildman–Crippen MR) is 105 cm³/mol. The molecule has 0 unspecified atom stereocenters. The van der Waals surface area contributed by atoms with Gasteiger partial charge in [-0.3, -0.25) is 4.79 Å². The summed E-state index contributed by atoms with van der Waals surface area (Å²) in [5.74, 6) is 2.43. The van der Waals surface area contributed by atoms with E-state index in [4.69, 9.17) is 0 Å². The Bertz CT molecular complexity index is 875. The van der Waals surface area contributed by atoms with E-state index in [0.717, 1.165) is 23.0 Å². The lowest BCUT2D eigenvalue weighted by Gasteiger charge is -2.17. The minimum absolute atomic E-state index is 0.0272. The lowest BCUT2D eigenvalue weighted by atomic mass is 10.1. The summed E-state index contributed by atoms with van der Waals surface area (Å²) in [5, 5.41) is 4.26. The molecule has 3 rings (SSSR count). The number of carbonyl (C=O) groups is 1. The molecule has 2 aromatic carbocycles. The van der Waals surface area contributed by atoms with Gasteiger partial charge in [-0.25, -0.2) is 9.67 Å². The normalized spacial score (nSPS) is 10.7. The molecule has 0 saturated carbocycles. The maximum atomic E-state index is 12.6. The third kappa shape index (κ3) is 4.32. The molecule has 0 atom stereocenters. The van der Waals surface area contributed by atoms with Crippen LogP contribution in [0.5, 0.6) is 0 Å². The van der Waals surface area contributed by atoms with Gasteiger partial charge in [-0.15, -0.1) is 11.8 Å². The van der Waals surface area contributed by atoms with Crippen molar-refractivity contribution in [3.05, 3.63) is 66.0 Å². The van der Waals surface area contributed by atoms with Gasteiger partial charge < -0.3 is 4.90 Å². The Labute approximate surface area is 158 Å².